The first-order chi connectivity index (χ1) is 26.5. The van der Waals surface area contributed by atoms with Crippen molar-refractivity contribution in [2.45, 2.75) is 13.7 Å². The summed E-state index contributed by atoms with van der Waals surface area (Å²) in [5, 5.41) is 4.70. The van der Waals surface area contributed by atoms with E-state index in [9.17, 15) is 0 Å². The van der Waals surface area contributed by atoms with Gasteiger partial charge in [0.1, 0.15) is 11.2 Å². The molecular formula is C46H32IrN2O-2. The van der Waals surface area contributed by atoms with Crippen molar-refractivity contribution in [3.05, 3.63) is 181 Å². The molecule has 3 nitrogen and oxygen atoms in total. The Balaban J connectivity index is 0.000000197. The van der Waals surface area contributed by atoms with Crippen LogP contribution in [-0.2, 0) is 20.1 Å². The first kappa shape index (κ1) is 26.2. The fourth-order valence-corrected chi connectivity index (χ4v) is 6.19. The molecule has 0 fully saturated rings. The first-order valence-corrected chi connectivity index (χ1v) is 15.9. The fraction of sp³-hybridized carbons (Fsp3) is 0.0435. The smallest absolute Gasteiger partial charge is 0.136 e. The Labute approximate surface area is 314 Å². The molecule has 9 aromatic rings. The summed E-state index contributed by atoms with van der Waals surface area (Å²) in [5.74, 6) is 0. The van der Waals surface area contributed by atoms with E-state index >= 15 is 0 Å². The number of benzene rings is 6. The average Bonchev–Trinajstić information content (AvgIpc) is 3.60. The quantitative estimate of drug-likeness (QED) is 0.166. The van der Waals surface area contributed by atoms with Crippen molar-refractivity contribution in [2.75, 3.05) is 0 Å². The van der Waals surface area contributed by atoms with E-state index in [1.54, 1.807) is 12.1 Å². The Morgan fingerprint density at radius 2 is 1.38 bits per heavy atom. The third-order valence-corrected chi connectivity index (χ3v) is 8.51. The number of hydrogen-bond donors (Lipinski definition) is 0. The molecule has 6 aromatic carbocycles. The molecule has 0 N–H and O–H groups in total. The maximum absolute atomic E-state index is 7.28. The summed E-state index contributed by atoms with van der Waals surface area (Å²) in [6.07, 6.45) is 3.13. The zero-order chi connectivity index (χ0) is 38.2. The molecule has 3 heterocycles. The molecule has 0 aliphatic rings. The number of fused-ring (bicyclic) bond motifs is 5. The molecule has 0 unspecified atom stereocenters. The zero-order valence-corrected chi connectivity index (χ0v) is 29.0. The van der Waals surface area contributed by atoms with Gasteiger partial charge in [-0.3, -0.25) is 0 Å². The minimum atomic E-state index is -2.18. The molecule has 4 heteroatoms. The predicted octanol–water partition coefficient (Wildman–Crippen LogP) is 12.1. The Hall–Kier alpha value is -5.67. The van der Waals surface area contributed by atoms with E-state index in [2.05, 4.69) is 101 Å². The molecule has 243 valence electrons. The van der Waals surface area contributed by atoms with Gasteiger partial charge in [0, 0.05) is 51.5 Å². The number of rotatable bonds is 4. The molecule has 3 aromatic heterocycles. The summed E-state index contributed by atoms with van der Waals surface area (Å²) in [7, 11) is 0. The van der Waals surface area contributed by atoms with Gasteiger partial charge in [0.25, 0.3) is 0 Å². The van der Waals surface area contributed by atoms with Crippen LogP contribution in [0, 0.1) is 25.8 Å². The van der Waals surface area contributed by atoms with Gasteiger partial charge in [-0.05, 0) is 52.8 Å². The molecule has 0 atom stereocenters. The minimum absolute atomic E-state index is 0. The van der Waals surface area contributed by atoms with Gasteiger partial charge in [0.2, 0.25) is 0 Å². The van der Waals surface area contributed by atoms with Crippen LogP contribution in [0.3, 0.4) is 0 Å². The Morgan fingerprint density at radius 1 is 0.560 bits per heavy atom. The van der Waals surface area contributed by atoms with Crippen LogP contribution < -0.4 is 0 Å². The van der Waals surface area contributed by atoms with Crippen molar-refractivity contribution in [3.63, 3.8) is 0 Å². The van der Waals surface area contributed by atoms with E-state index in [0.717, 1.165) is 49.9 Å². The van der Waals surface area contributed by atoms with E-state index < -0.39 is 13.7 Å². The van der Waals surface area contributed by atoms with Crippen LogP contribution in [0.2, 0.25) is 0 Å². The van der Waals surface area contributed by atoms with Crippen molar-refractivity contribution >= 4 is 32.7 Å². The number of pyridine rings is 2. The molecule has 1 radical (unpaired) electrons. The number of hydrogen-bond acceptors (Lipinski definition) is 3. The molecular weight excluding hydrogens is 789 g/mol. The van der Waals surface area contributed by atoms with E-state index in [-0.39, 0.29) is 31.2 Å². The Kier molecular flexibility index (Phi) is 7.57. The molecule has 50 heavy (non-hydrogen) atoms. The molecule has 0 amide bonds. The third kappa shape index (κ3) is 6.52. The molecule has 0 saturated heterocycles. The van der Waals surface area contributed by atoms with E-state index in [0.29, 0.717) is 11.3 Å². The number of aryl methyl sites for hydroxylation is 2. The SMILES string of the molecule is [2H]C([2H])([2H])c1c[c-]c(-c2ccc(C([2H])([2H])[2H])cn2)cc1.[Ir].[c-]1cc(-c2cccc3c2ccc2oc4ccccc4c23)cc(-c2ccccc2)c1-c1ccccn1. The summed E-state index contributed by atoms with van der Waals surface area (Å²) in [6.45, 7) is -4.34. The van der Waals surface area contributed by atoms with Crippen LogP contribution in [0.5, 0.6) is 0 Å². The van der Waals surface area contributed by atoms with Gasteiger partial charge in [-0.15, -0.1) is 59.2 Å². The van der Waals surface area contributed by atoms with Gasteiger partial charge in [-0.25, -0.2) is 0 Å². The van der Waals surface area contributed by atoms with Crippen molar-refractivity contribution in [2.24, 2.45) is 0 Å². The van der Waals surface area contributed by atoms with Gasteiger partial charge in [0.15, 0.2) is 0 Å². The summed E-state index contributed by atoms with van der Waals surface area (Å²) >= 11 is 0. The second-order valence-electron chi connectivity index (χ2n) is 11.6. The fourth-order valence-electron chi connectivity index (χ4n) is 6.19. The summed E-state index contributed by atoms with van der Waals surface area (Å²) < 4.78 is 49.8. The van der Waals surface area contributed by atoms with E-state index in [4.69, 9.17) is 12.6 Å². The maximum atomic E-state index is 7.28. The normalized spacial score (nSPS) is 13.1. The van der Waals surface area contributed by atoms with Crippen molar-refractivity contribution in [1.29, 1.82) is 0 Å². The molecule has 0 aliphatic carbocycles. The Bertz CT molecular complexity index is 2710. The summed E-state index contributed by atoms with van der Waals surface area (Å²) in [6, 6.07) is 53.8. The standard InChI is InChI=1S/C33H20NO.C13H12N.Ir/c1-2-9-22(10-3-1)29-21-23(16-17-26(29)30-14-6-7-20-34-30)24-12-8-13-27-25(24)18-19-32-33(27)28-11-4-5-15-31(28)35-32;1-10-3-6-12(7-4-10)13-8-5-11(2)9-14-13;/h1-16,18-21H;3-6,8-9H,1-2H3;/q2*-1;/i;1D3,2D3;. The number of furan rings is 1. The van der Waals surface area contributed by atoms with Crippen LogP contribution >= 0.6 is 0 Å². The van der Waals surface area contributed by atoms with Gasteiger partial charge >= 0.3 is 0 Å². The molecule has 0 spiro atoms. The summed E-state index contributed by atoms with van der Waals surface area (Å²) in [5.41, 5.74) is 9.87. The molecule has 0 bridgehead atoms. The second-order valence-corrected chi connectivity index (χ2v) is 11.6. The molecule has 0 aliphatic heterocycles. The van der Waals surface area contributed by atoms with Gasteiger partial charge in [0.05, 0.1) is 0 Å². The predicted molar refractivity (Wildman–Crippen MR) is 202 cm³/mol. The zero-order valence-electron chi connectivity index (χ0n) is 32.6. The average molecular weight is 827 g/mol. The topological polar surface area (TPSA) is 38.9 Å². The van der Waals surface area contributed by atoms with Gasteiger partial charge in [-0.1, -0.05) is 126 Å². The van der Waals surface area contributed by atoms with Crippen molar-refractivity contribution in [1.82, 2.24) is 9.97 Å². The second kappa shape index (κ2) is 14.4. The van der Waals surface area contributed by atoms with Gasteiger partial charge < -0.3 is 14.4 Å². The van der Waals surface area contributed by atoms with Crippen molar-refractivity contribution in [3.8, 4) is 44.8 Å². The largest absolute Gasteiger partial charge is 0.456 e. The number of nitrogens with zero attached hydrogens (tertiary/aromatic N) is 2. The maximum Gasteiger partial charge on any atom is 0.136 e. The van der Waals surface area contributed by atoms with Crippen LogP contribution in [0.1, 0.15) is 19.4 Å². The Morgan fingerprint density at radius 3 is 2.16 bits per heavy atom. The van der Waals surface area contributed by atoms with Crippen LogP contribution in [0.4, 0.5) is 0 Å². The third-order valence-electron chi connectivity index (χ3n) is 8.51. The van der Waals surface area contributed by atoms with Gasteiger partial charge in [-0.2, -0.15) is 0 Å². The van der Waals surface area contributed by atoms with Crippen LogP contribution in [-0.4, -0.2) is 9.97 Å². The molecule has 9 rings (SSSR count). The van der Waals surface area contributed by atoms with Crippen LogP contribution in [0.15, 0.2) is 162 Å². The molecule has 0 saturated carbocycles. The first-order valence-electron chi connectivity index (χ1n) is 18.9. The number of para-hydroxylation sites is 1. The minimum Gasteiger partial charge on any atom is -0.456 e. The van der Waals surface area contributed by atoms with Crippen molar-refractivity contribution < 1.29 is 32.7 Å². The summed E-state index contributed by atoms with van der Waals surface area (Å²) in [4.78, 5) is 8.68. The van der Waals surface area contributed by atoms with E-state index in [1.165, 1.54) is 40.7 Å². The monoisotopic (exact) mass is 827 g/mol. The van der Waals surface area contributed by atoms with Crippen LogP contribution in [0.25, 0.3) is 77.5 Å². The number of aromatic nitrogens is 2. The van der Waals surface area contributed by atoms with E-state index in [1.807, 2.05) is 42.6 Å².